The van der Waals surface area contributed by atoms with Crippen molar-refractivity contribution in [2.24, 2.45) is 11.8 Å². The number of aromatic nitrogens is 4. The highest BCUT2D eigenvalue weighted by atomic mass is 35.5. The number of nitrogens with one attached hydrogen (secondary N) is 1. The third-order valence-corrected chi connectivity index (χ3v) is 13.6. The molecular weight excluding hydrogens is 973 g/mol. The maximum atomic E-state index is 14.4. The number of hydrogen-bond acceptors (Lipinski definition) is 11. The third kappa shape index (κ3) is 12.8. The van der Waals surface area contributed by atoms with Crippen LogP contribution < -0.4 is 5.32 Å². The molecule has 1 N–H and O–H groups in total. The molecule has 4 aromatic rings. The van der Waals surface area contributed by atoms with Gasteiger partial charge in [0, 0.05) is 53.6 Å². The molecule has 2 aromatic heterocycles. The number of aryl methyl sites for hydroxylation is 2. The largest absolute Gasteiger partial charge is 0.468 e. The maximum Gasteiger partial charge on any atom is 0.411 e. The van der Waals surface area contributed by atoms with Crippen LogP contribution in [0, 0.1) is 37.3 Å². The lowest BCUT2D eigenvalue weighted by molar-refractivity contribution is -0.146. The average molecular weight is 1030 g/mol. The summed E-state index contributed by atoms with van der Waals surface area (Å²) in [4.78, 5) is 68.1. The quantitative estimate of drug-likeness (QED) is 0.128. The summed E-state index contributed by atoms with van der Waals surface area (Å²) in [6, 6.07) is 8.05. The van der Waals surface area contributed by atoms with E-state index in [4.69, 9.17) is 37.4 Å². The molecule has 0 radical (unpaired) electrons. The molecule has 2 saturated heterocycles. The van der Waals surface area contributed by atoms with Crippen molar-refractivity contribution in [2.45, 2.75) is 117 Å². The minimum Gasteiger partial charge on any atom is -0.468 e. The Morgan fingerprint density at radius 3 is 1.69 bits per heavy atom. The second kappa shape index (κ2) is 22.8. The minimum atomic E-state index is -0.793. The molecule has 4 aliphatic rings. The monoisotopic (exact) mass is 1030 g/mol. The van der Waals surface area contributed by atoms with Gasteiger partial charge in [0.25, 0.3) is 0 Å². The molecule has 0 saturated carbocycles. The fourth-order valence-electron chi connectivity index (χ4n) is 9.65. The molecule has 6 heterocycles. The zero-order valence-electron chi connectivity index (χ0n) is 40.5. The number of benzene rings is 2. The van der Waals surface area contributed by atoms with Gasteiger partial charge in [0.15, 0.2) is 0 Å². The first kappa shape index (κ1) is 54.0. The van der Waals surface area contributed by atoms with Crippen LogP contribution >= 0.6 is 35.6 Å². The zero-order valence-corrected chi connectivity index (χ0v) is 42.8. The number of fused-ring (bicyclic) bond motifs is 2. The van der Waals surface area contributed by atoms with Crippen LogP contribution in [0.15, 0.2) is 36.4 Å². The smallest absolute Gasteiger partial charge is 0.411 e. The number of methoxy groups -OCH3 is 2. The summed E-state index contributed by atoms with van der Waals surface area (Å²) >= 11 is 11.8. The molecule has 0 spiro atoms. The second-order valence-electron chi connectivity index (χ2n) is 19.2. The summed E-state index contributed by atoms with van der Waals surface area (Å²) in [6.45, 7) is 12.5. The van der Waals surface area contributed by atoms with Gasteiger partial charge >= 0.3 is 18.0 Å². The highest BCUT2D eigenvalue weighted by Gasteiger charge is 2.43. The van der Waals surface area contributed by atoms with Gasteiger partial charge in [0.1, 0.15) is 29.3 Å². The molecule has 0 aliphatic carbocycles. The predicted octanol–water partition coefficient (Wildman–Crippen LogP) is 6.99. The van der Waals surface area contributed by atoms with Crippen molar-refractivity contribution in [3.63, 3.8) is 0 Å². The number of carbonyl (C=O) groups is 5. The first-order chi connectivity index (χ1) is 32.7. The van der Waals surface area contributed by atoms with Gasteiger partial charge in [0.05, 0.1) is 63.2 Å². The van der Waals surface area contributed by atoms with E-state index in [1.807, 2.05) is 18.7 Å². The fourth-order valence-corrected chi connectivity index (χ4v) is 9.97. The normalized spacial score (nSPS) is 19.6. The predicted molar refractivity (Wildman–Crippen MR) is 258 cm³/mol. The molecule has 380 valence electrons. The Hall–Kier alpha value is -5.30. The highest BCUT2D eigenvalue weighted by molar-refractivity contribution is 6.30. The number of rotatable bonds is 10. The Morgan fingerprint density at radius 2 is 1.23 bits per heavy atom. The maximum absolute atomic E-state index is 14.4. The molecule has 70 heavy (non-hydrogen) atoms. The van der Waals surface area contributed by atoms with E-state index in [2.05, 4.69) is 15.5 Å². The van der Waals surface area contributed by atoms with E-state index >= 15 is 0 Å². The molecule has 3 amide bonds. The van der Waals surface area contributed by atoms with Crippen molar-refractivity contribution < 1.29 is 47.0 Å². The molecular formula is C49H61Cl3F2N8O8. The number of esters is 2. The molecule has 0 bridgehead atoms. The van der Waals surface area contributed by atoms with E-state index in [0.29, 0.717) is 79.6 Å². The molecule has 16 nitrogen and oxygen atoms in total. The lowest BCUT2D eigenvalue weighted by atomic mass is 9.99. The van der Waals surface area contributed by atoms with Gasteiger partial charge in [0.2, 0.25) is 11.8 Å². The number of ether oxygens (including phenoxy) is 3. The van der Waals surface area contributed by atoms with Crippen LogP contribution in [0.3, 0.4) is 0 Å². The zero-order chi connectivity index (χ0) is 49.9. The molecule has 2 aromatic carbocycles. The van der Waals surface area contributed by atoms with Crippen LogP contribution in [0.1, 0.15) is 91.5 Å². The molecule has 2 fully saturated rings. The topological polar surface area (TPSA) is 170 Å². The SMILES string of the molecule is COC(=O)[C@@H]1CC(CC(=O)N2CCc3c(C)nn(Cc4ccc(Cl)cc4F)c3C2)CN1.COC(=O)[C@@H]1CC(CC(=O)N2CCc3c(C)nn(Cc4ccc(Cl)cc4F)c3C2)CN1C(=O)OC(C)(C)C.Cl. The Bertz CT molecular complexity index is 2600. The molecule has 21 heteroatoms. The first-order valence-corrected chi connectivity index (χ1v) is 23.9. The van der Waals surface area contributed by atoms with Gasteiger partial charge in [-0.15, -0.1) is 12.4 Å². The number of amides is 3. The number of carbonyl (C=O) groups excluding carboxylic acids is 5. The van der Waals surface area contributed by atoms with Crippen molar-refractivity contribution in [2.75, 3.05) is 40.4 Å². The number of halogens is 5. The summed E-state index contributed by atoms with van der Waals surface area (Å²) in [5.74, 6) is -1.70. The van der Waals surface area contributed by atoms with Gasteiger partial charge in [-0.1, -0.05) is 35.3 Å². The van der Waals surface area contributed by atoms with Gasteiger partial charge < -0.3 is 29.3 Å². The number of hydrogen-bond donors (Lipinski definition) is 1. The van der Waals surface area contributed by atoms with Crippen LogP contribution in [-0.4, -0.2) is 122 Å². The van der Waals surface area contributed by atoms with Crippen molar-refractivity contribution in [3.8, 4) is 0 Å². The van der Waals surface area contributed by atoms with E-state index < -0.39 is 29.5 Å². The Morgan fingerprint density at radius 1 is 0.743 bits per heavy atom. The average Bonchev–Trinajstić information content (AvgIpc) is 4.09. The highest BCUT2D eigenvalue weighted by Crippen LogP contribution is 2.32. The summed E-state index contributed by atoms with van der Waals surface area (Å²) in [6.07, 6.45) is 2.27. The number of likely N-dealkylation sites (tertiary alicyclic amines) is 1. The third-order valence-electron chi connectivity index (χ3n) is 13.2. The summed E-state index contributed by atoms with van der Waals surface area (Å²) in [5, 5.41) is 13.0. The lowest BCUT2D eigenvalue weighted by Crippen LogP contribution is -2.44. The van der Waals surface area contributed by atoms with Crippen molar-refractivity contribution in [1.29, 1.82) is 0 Å². The van der Waals surface area contributed by atoms with E-state index in [1.165, 1.54) is 31.3 Å². The van der Waals surface area contributed by atoms with Crippen LogP contribution in [0.4, 0.5) is 13.6 Å². The van der Waals surface area contributed by atoms with Crippen LogP contribution in [0.25, 0.3) is 0 Å². The van der Waals surface area contributed by atoms with E-state index in [0.717, 1.165) is 40.3 Å². The molecule has 8 rings (SSSR count). The number of nitrogens with zero attached hydrogens (tertiary/aromatic N) is 7. The summed E-state index contributed by atoms with van der Waals surface area (Å²) < 4.78 is 47.4. The van der Waals surface area contributed by atoms with E-state index in [1.54, 1.807) is 59.3 Å². The standard InChI is InChI=1S/C27H34ClFN4O5.C22H26ClFN4O3.ClH/c1-16-20-8-9-31(15-23(20)33(30-16)14-18-6-7-19(28)12-21(18)29)24(34)11-17-10-22(25(35)37-5)32(13-17)26(36)38-27(2,3)4;1-13-17-5-6-27(21(29)8-14-7-19(25-10-14)22(30)31-2)12-20(17)28(26-13)11-15-3-4-16(23)9-18(15)24;/h6-7,12,17,22H,8-11,13-15H2,1-5H3;3-4,9,14,19,25H,5-8,10-12H2,1-2H3;1H/t17?,22-;14?,19-;/m00./s1. The molecule has 2 unspecified atom stereocenters. The minimum absolute atomic E-state index is 0. The van der Waals surface area contributed by atoms with E-state index in [-0.39, 0.29) is 79.9 Å². The Kier molecular flexibility index (Phi) is 17.6. The van der Waals surface area contributed by atoms with Gasteiger partial charge in [-0.05, 0) is 114 Å². The summed E-state index contributed by atoms with van der Waals surface area (Å²) in [5.41, 5.74) is 6.07. The summed E-state index contributed by atoms with van der Waals surface area (Å²) in [7, 11) is 2.65. The van der Waals surface area contributed by atoms with Gasteiger partial charge in [-0.25, -0.2) is 18.4 Å². The second-order valence-corrected chi connectivity index (χ2v) is 20.1. The van der Waals surface area contributed by atoms with Crippen LogP contribution in [-0.2, 0) is 72.4 Å². The Labute approximate surface area is 422 Å². The van der Waals surface area contributed by atoms with Gasteiger partial charge in [-0.2, -0.15) is 10.2 Å². The Balaban J connectivity index is 0.000000231. The fraction of sp³-hybridized carbons (Fsp3) is 0.531. The first-order valence-electron chi connectivity index (χ1n) is 23.1. The van der Waals surface area contributed by atoms with Crippen molar-refractivity contribution >= 4 is 65.5 Å². The van der Waals surface area contributed by atoms with E-state index in [9.17, 15) is 32.8 Å². The van der Waals surface area contributed by atoms with Crippen LogP contribution in [0.5, 0.6) is 0 Å². The molecule has 4 aliphatic heterocycles. The van der Waals surface area contributed by atoms with Crippen molar-refractivity contribution in [1.82, 2.24) is 39.6 Å². The van der Waals surface area contributed by atoms with Crippen molar-refractivity contribution in [3.05, 3.63) is 103 Å². The molecule has 4 atom stereocenters. The lowest BCUT2D eigenvalue weighted by Gasteiger charge is -2.29. The van der Waals surface area contributed by atoms with Gasteiger partial charge in [-0.3, -0.25) is 28.6 Å². The van der Waals surface area contributed by atoms with Crippen LogP contribution in [0.2, 0.25) is 10.0 Å².